The highest BCUT2D eigenvalue weighted by Gasteiger charge is 2.40. The van der Waals surface area contributed by atoms with Gasteiger partial charge in [0.05, 0.1) is 17.3 Å². The van der Waals surface area contributed by atoms with Gasteiger partial charge in [-0.05, 0) is 123 Å². The number of carboxylic acid groups (broad SMARTS) is 1. The summed E-state index contributed by atoms with van der Waals surface area (Å²) in [6.07, 6.45) is 1.68. The number of fused-ring (bicyclic) bond motifs is 1. The zero-order valence-corrected chi connectivity index (χ0v) is 41.3. The van der Waals surface area contributed by atoms with Gasteiger partial charge in [0, 0.05) is 55.2 Å². The van der Waals surface area contributed by atoms with Crippen molar-refractivity contribution in [1.29, 1.82) is 0 Å². The third-order valence-electron chi connectivity index (χ3n) is 12.9. The maximum Gasteiger partial charge on any atom is 0.407 e. The number of alkyl carbamates (subject to hydrolysis) is 1. The van der Waals surface area contributed by atoms with Gasteiger partial charge in [-0.25, -0.2) is 4.79 Å². The molecule has 1 aromatic heterocycles. The van der Waals surface area contributed by atoms with E-state index in [0.717, 1.165) is 38.8 Å². The van der Waals surface area contributed by atoms with Crippen molar-refractivity contribution in [2.24, 2.45) is 0 Å². The predicted molar refractivity (Wildman–Crippen MR) is 265 cm³/mol. The smallest absolute Gasteiger partial charge is 0.407 e. The maximum atomic E-state index is 13.1. The van der Waals surface area contributed by atoms with E-state index < -0.39 is 26.1 Å². The zero-order valence-electron chi connectivity index (χ0n) is 40.3. The Morgan fingerprint density at radius 2 is 1.51 bits per heavy atom. The van der Waals surface area contributed by atoms with Crippen LogP contribution < -0.4 is 31.5 Å². The van der Waals surface area contributed by atoms with Crippen LogP contribution in [0.15, 0.2) is 102 Å². The molecule has 1 fully saturated rings. The van der Waals surface area contributed by atoms with Crippen molar-refractivity contribution in [2.75, 3.05) is 11.4 Å². The van der Waals surface area contributed by atoms with E-state index in [4.69, 9.17) is 9.16 Å². The molecule has 0 unspecified atom stereocenters. The summed E-state index contributed by atoms with van der Waals surface area (Å²) in [5, 5.41) is 33.7. The lowest BCUT2D eigenvalue weighted by molar-refractivity contribution is -0.247. The topological polar surface area (TPSA) is 185 Å². The number of hydrogen-bond donors (Lipinski definition) is 5. The Balaban J connectivity index is 1.03. The monoisotopic (exact) mass is 930 g/mol. The molecule has 1 aliphatic rings. The van der Waals surface area contributed by atoms with E-state index in [1.807, 2.05) is 99.6 Å². The third-order valence-corrected chi connectivity index (χ3v) is 17.4. The number of nitrogens with zero attached hydrogens (tertiary/aromatic N) is 1. The normalized spacial score (nSPS) is 16.0. The number of amides is 3. The number of aromatic hydroxyl groups is 1. The van der Waals surface area contributed by atoms with E-state index in [2.05, 4.69) is 54.8 Å². The predicted octanol–water partition coefficient (Wildman–Crippen LogP) is 9.38. The van der Waals surface area contributed by atoms with E-state index in [0.29, 0.717) is 75.8 Å². The molecule has 1 heterocycles. The van der Waals surface area contributed by atoms with E-state index in [-0.39, 0.29) is 40.4 Å². The molecule has 0 bridgehead atoms. The van der Waals surface area contributed by atoms with Crippen LogP contribution in [-0.4, -0.2) is 60.7 Å². The first-order valence-electron chi connectivity index (χ1n) is 23.4. The fourth-order valence-corrected chi connectivity index (χ4v) is 9.62. The van der Waals surface area contributed by atoms with Gasteiger partial charge in [0.15, 0.2) is 8.32 Å². The van der Waals surface area contributed by atoms with Gasteiger partial charge < -0.3 is 50.0 Å². The molecule has 14 heteroatoms. The molecule has 4 aromatic carbocycles. The third kappa shape index (κ3) is 13.8. The summed E-state index contributed by atoms with van der Waals surface area (Å²) in [7, 11) is -2.23. The number of rotatable bonds is 17. The lowest BCUT2D eigenvalue weighted by atomic mass is 9.89. The molecule has 5 aromatic rings. The minimum Gasteiger partial charge on any atom is -0.530 e. The average Bonchev–Trinajstić information content (AvgIpc) is 3.26. The van der Waals surface area contributed by atoms with Crippen molar-refractivity contribution in [2.45, 2.75) is 141 Å². The van der Waals surface area contributed by atoms with E-state index in [1.165, 1.54) is 11.0 Å². The quantitative estimate of drug-likeness (QED) is 0.0567. The zero-order chi connectivity index (χ0) is 48.5. The van der Waals surface area contributed by atoms with E-state index >= 15 is 0 Å². The average molecular weight is 931 g/mol. The number of hydrogen-bond acceptors (Lipinski definition) is 9. The van der Waals surface area contributed by atoms with Gasteiger partial charge in [-0.3, -0.25) is 9.59 Å². The summed E-state index contributed by atoms with van der Waals surface area (Å²) < 4.78 is 12.4. The summed E-state index contributed by atoms with van der Waals surface area (Å²) in [5.41, 5.74) is 5.57. The van der Waals surface area contributed by atoms with Crippen LogP contribution in [0.2, 0.25) is 18.1 Å². The minimum atomic E-state index is -2.23. The van der Waals surface area contributed by atoms with Crippen molar-refractivity contribution in [3.63, 3.8) is 0 Å². The highest BCUT2D eigenvalue weighted by atomic mass is 28.4. The SMILES string of the molecule is CC(C)(C)OC(=O)NC1CCC(N(C(=O)[O-])c2cc(CCCC(=O)NCc3ccc(CNC[C@H](O[Si](C)(C)C(C)(C)C)c4ccc(O)c5[nH]c(=O)ccc45)cc3)ccc2-c2ccccc2)CC1. The van der Waals surface area contributed by atoms with E-state index in [9.17, 15) is 29.4 Å². The fraction of sp³-hybridized carbons (Fsp3) is 0.434. The first kappa shape index (κ1) is 50.4. The highest BCUT2D eigenvalue weighted by Crippen LogP contribution is 2.41. The second-order valence-electron chi connectivity index (χ2n) is 20.2. The van der Waals surface area contributed by atoms with Crippen LogP contribution in [0, 0.1) is 0 Å². The van der Waals surface area contributed by atoms with Crippen LogP contribution in [0.1, 0.15) is 108 Å². The molecule has 67 heavy (non-hydrogen) atoms. The molecular formula is C53H68N5O8Si-. The number of anilines is 1. The number of aryl methyl sites for hydroxylation is 1. The van der Waals surface area contributed by atoms with Crippen molar-refractivity contribution < 1.29 is 33.8 Å². The molecule has 13 nitrogen and oxygen atoms in total. The molecule has 5 N–H and O–H groups in total. The molecule has 0 radical (unpaired) electrons. The standard InChI is InChI=1S/C53H69N5O8Si/c1-52(2,3)65-50(62)56-39-22-24-40(25-23-39)58(51(63)64)44-31-35(21-26-41(44)38-14-10-9-11-15-38)13-12-16-47(60)55-33-37-19-17-36(18-20-37)32-54-34-46(66-67(7,8)53(4,5)6)42-27-29-45(59)49-43(42)28-30-48(61)57-49/h9-11,14-15,17-21,26-31,39-40,46,54,59H,12-13,16,22-25,32-34H2,1-8H3,(H,55,60)(H,56,62)(H,57,61)(H,63,64)/p-1/t39?,40?,46-/m0/s1. The summed E-state index contributed by atoms with van der Waals surface area (Å²) in [5.74, 6) is -0.0585. The number of phenols is 1. The van der Waals surface area contributed by atoms with Gasteiger partial charge in [-0.1, -0.05) is 93.6 Å². The number of ether oxygens (including phenoxy) is 1. The molecular weight excluding hydrogens is 863 g/mol. The number of pyridine rings is 1. The molecule has 1 saturated carbocycles. The summed E-state index contributed by atoms with van der Waals surface area (Å²) in [4.78, 5) is 54.7. The van der Waals surface area contributed by atoms with Gasteiger partial charge in [0.25, 0.3) is 0 Å². The van der Waals surface area contributed by atoms with Crippen LogP contribution in [0.3, 0.4) is 0 Å². The molecule has 1 atom stereocenters. The molecule has 3 amide bonds. The number of carbonyl (C=O) groups excluding carboxylic acids is 3. The molecule has 6 rings (SSSR count). The Labute approximate surface area is 395 Å². The second-order valence-corrected chi connectivity index (χ2v) is 25.0. The number of phenolic OH excluding ortho intramolecular Hbond substituents is 1. The first-order chi connectivity index (χ1) is 31.7. The number of carbonyl (C=O) groups is 3. The summed E-state index contributed by atoms with van der Waals surface area (Å²) >= 11 is 0. The highest BCUT2D eigenvalue weighted by molar-refractivity contribution is 6.74. The number of aromatic amines is 1. The summed E-state index contributed by atoms with van der Waals surface area (Å²) in [6, 6.07) is 29.9. The van der Waals surface area contributed by atoms with Crippen LogP contribution >= 0.6 is 0 Å². The van der Waals surface area contributed by atoms with Crippen molar-refractivity contribution in [1.82, 2.24) is 20.9 Å². The van der Waals surface area contributed by atoms with Crippen LogP contribution in [0.5, 0.6) is 5.75 Å². The lowest BCUT2D eigenvalue weighted by Crippen LogP contribution is -2.51. The van der Waals surface area contributed by atoms with Crippen molar-refractivity contribution >= 4 is 43.0 Å². The minimum absolute atomic E-state index is 0.0122. The number of aromatic nitrogens is 1. The second kappa shape index (κ2) is 21.8. The first-order valence-corrected chi connectivity index (χ1v) is 26.3. The lowest BCUT2D eigenvalue weighted by Gasteiger charge is -2.39. The number of H-pyrrole nitrogens is 1. The number of benzene rings is 4. The number of nitrogens with one attached hydrogen (secondary N) is 4. The van der Waals surface area contributed by atoms with Crippen LogP contribution in [0.4, 0.5) is 15.3 Å². The van der Waals surface area contributed by atoms with Gasteiger partial charge in [0.1, 0.15) is 17.4 Å². The van der Waals surface area contributed by atoms with Gasteiger partial charge >= 0.3 is 6.09 Å². The molecule has 0 saturated heterocycles. The van der Waals surface area contributed by atoms with Crippen LogP contribution in [-0.2, 0) is 33.5 Å². The Hall–Kier alpha value is -5.96. The molecule has 358 valence electrons. The Morgan fingerprint density at radius 3 is 2.15 bits per heavy atom. The molecule has 0 aliphatic heterocycles. The summed E-state index contributed by atoms with van der Waals surface area (Å²) in [6.45, 7) is 17.9. The van der Waals surface area contributed by atoms with E-state index in [1.54, 1.807) is 12.1 Å². The Morgan fingerprint density at radius 1 is 0.851 bits per heavy atom. The Kier molecular flexibility index (Phi) is 16.4. The van der Waals surface area contributed by atoms with Crippen molar-refractivity contribution in [3.8, 4) is 16.9 Å². The van der Waals surface area contributed by atoms with Gasteiger partial charge in [-0.2, -0.15) is 0 Å². The molecule has 1 aliphatic carbocycles. The largest absolute Gasteiger partial charge is 0.530 e. The fourth-order valence-electron chi connectivity index (χ4n) is 8.34. The molecule has 0 spiro atoms. The Bertz CT molecular complexity index is 2540. The van der Waals surface area contributed by atoms with Crippen LogP contribution in [0.25, 0.3) is 22.0 Å². The van der Waals surface area contributed by atoms with Gasteiger partial charge in [-0.15, -0.1) is 0 Å². The van der Waals surface area contributed by atoms with Crippen molar-refractivity contribution in [3.05, 3.63) is 130 Å². The van der Waals surface area contributed by atoms with Gasteiger partial charge in [0.2, 0.25) is 11.5 Å². The maximum absolute atomic E-state index is 13.1.